The van der Waals surface area contributed by atoms with E-state index < -0.39 is 11.9 Å². The fraction of sp³-hybridized carbons (Fsp3) is 0.467. The molecule has 0 saturated carbocycles. The van der Waals surface area contributed by atoms with Crippen LogP contribution in [0.5, 0.6) is 5.75 Å². The van der Waals surface area contributed by atoms with E-state index in [0.29, 0.717) is 17.9 Å². The van der Waals surface area contributed by atoms with E-state index in [1.54, 1.807) is 30.4 Å². The minimum absolute atomic E-state index is 0. The summed E-state index contributed by atoms with van der Waals surface area (Å²) in [7, 11) is 5.86. The number of carbonyl (C=O) groups excluding carboxylic acids is 1. The number of aliphatic carboxylic acids is 2. The van der Waals surface area contributed by atoms with Crippen LogP contribution in [0.25, 0.3) is 0 Å². The largest absolute Gasteiger partial charge is 0.488 e. The minimum atomic E-state index is -1.82. The Bertz CT molecular complexity index is 595. The molecule has 0 spiro atoms. The van der Waals surface area contributed by atoms with E-state index in [2.05, 4.69) is 9.88 Å². The average molecular weight is 357 g/mol. The summed E-state index contributed by atoms with van der Waals surface area (Å²) in [5.74, 6) is -3.03. The van der Waals surface area contributed by atoms with Crippen molar-refractivity contribution in [3.05, 3.63) is 24.0 Å². The monoisotopic (exact) mass is 357 g/mol. The van der Waals surface area contributed by atoms with Crippen molar-refractivity contribution in [2.45, 2.75) is 12.5 Å². The number of pyridine rings is 1. The highest BCUT2D eigenvalue weighted by atomic mass is 16.5. The summed E-state index contributed by atoms with van der Waals surface area (Å²) in [4.78, 5) is 38.1. The van der Waals surface area contributed by atoms with Gasteiger partial charge in [-0.05, 0) is 26.6 Å². The number of fused-ring (bicyclic) bond motifs is 1. The van der Waals surface area contributed by atoms with Crippen molar-refractivity contribution in [1.82, 2.24) is 14.8 Å². The molecule has 0 saturated heterocycles. The predicted octanol–water partition coefficient (Wildman–Crippen LogP) is -0.803. The van der Waals surface area contributed by atoms with Crippen LogP contribution in [-0.2, 0) is 9.59 Å². The summed E-state index contributed by atoms with van der Waals surface area (Å²) in [6, 6.07) is 1.76. The zero-order valence-corrected chi connectivity index (χ0v) is 14.3. The molecule has 1 aromatic heterocycles. The van der Waals surface area contributed by atoms with Gasteiger partial charge < -0.3 is 30.2 Å². The van der Waals surface area contributed by atoms with Crippen LogP contribution in [0.3, 0.4) is 0 Å². The number of carboxylic acid groups (broad SMARTS) is 2. The highest BCUT2D eigenvalue weighted by Crippen LogP contribution is 2.24. The number of rotatable bonds is 3. The number of ether oxygens (including phenoxy) is 1. The third-order valence-corrected chi connectivity index (χ3v) is 3.21. The van der Waals surface area contributed by atoms with Gasteiger partial charge in [0, 0.05) is 26.0 Å². The Balaban J connectivity index is 0.000000715. The number of amides is 1. The second kappa shape index (κ2) is 10.2. The van der Waals surface area contributed by atoms with Crippen molar-refractivity contribution in [2.75, 3.05) is 34.2 Å². The molecule has 0 radical (unpaired) electrons. The average Bonchev–Trinajstić information content (AvgIpc) is 2.63. The molecule has 1 aliphatic rings. The minimum Gasteiger partial charge on any atom is -0.488 e. The summed E-state index contributed by atoms with van der Waals surface area (Å²) >= 11 is 0. The van der Waals surface area contributed by atoms with Gasteiger partial charge in [-0.3, -0.25) is 9.78 Å². The van der Waals surface area contributed by atoms with Crippen LogP contribution < -0.4 is 4.74 Å². The number of hydrogen-bond donors (Lipinski definition) is 2. The van der Waals surface area contributed by atoms with Crippen molar-refractivity contribution in [3.8, 4) is 5.75 Å². The molecule has 10 heteroatoms. The standard InChI is InChI=1S/C13H19N3O2.C2H2O4.H2O/c1-15(2)7-5-10-9-16(3)13(17)11-8-14-6-4-12(11)18-10;3-1(4)2(5)6;/h4,6,8,10H,5,7,9H2,1-3H3;(H,3,4)(H,5,6);1H2. The first kappa shape index (κ1) is 22.3. The SMILES string of the molecule is CN(C)CCC1CN(C)C(=O)c2cnccc2O1.O.O=C(O)C(=O)O. The second-order valence-electron chi connectivity index (χ2n) is 5.50. The van der Waals surface area contributed by atoms with Crippen molar-refractivity contribution in [1.29, 1.82) is 0 Å². The Kier molecular flexibility index (Phi) is 9.10. The highest BCUT2D eigenvalue weighted by Gasteiger charge is 2.26. The molecular formula is C15H23N3O7. The molecule has 2 rings (SSSR count). The lowest BCUT2D eigenvalue weighted by molar-refractivity contribution is -0.159. The number of hydrogen-bond acceptors (Lipinski definition) is 6. The first-order chi connectivity index (χ1) is 11.2. The Hall–Kier alpha value is -2.72. The Morgan fingerprint density at radius 3 is 2.48 bits per heavy atom. The van der Waals surface area contributed by atoms with E-state index in [1.165, 1.54) is 0 Å². The van der Waals surface area contributed by atoms with E-state index in [0.717, 1.165) is 13.0 Å². The summed E-state index contributed by atoms with van der Waals surface area (Å²) < 4.78 is 5.92. The summed E-state index contributed by atoms with van der Waals surface area (Å²) in [6.45, 7) is 1.55. The third kappa shape index (κ3) is 7.14. The van der Waals surface area contributed by atoms with Crippen molar-refractivity contribution in [2.24, 2.45) is 0 Å². The Morgan fingerprint density at radius 2 is 1.96 bits per heavy atom. The number of carbonyl (C=O) groups is 3. The van der Waals surface area contributed by atoms with Crippen molar-refractivity contribution < 1.29 is 34.8 Å². The van der Waals surface area contributed by atoms with Crippen LogP contribution in [-0.4, -0.2) is 88.7 Å². The van der Waals surface area contributed by atoms with Crippen molar-refractivity contribution >= 4 is 17.8 Å². The van der Waals surface area contributed by atoms with Gasteiger partial charge >= 0.3 is 11.9 Å². The molecule has 0 aromatic carbocycles. The highest BCUT2D eigenvalue weighted by molar-refractivity contribution is 6.27. The first-order valence-electron chi connectivity index (χ1n) is 7.19. The quantitative estimate of drug-likeness (QED) is 0.667. The normalized spacial score (nSPS) is 15.8. The van der Waals surface area contributed by atoms with Gasteiger partial charge in [0.05, 0.1) is 12.1 Å². The Morgan fingerprint density at radius 1 is 1.36 bits per heavy atom. The van der Waals surface area contributed by atoms with E-state index in [4.69, 9.17) is 24.5 Å². The molecule has 1 aromatic rings. The fourth-order valence-corrected chi connectivity index (χ4v) is 2.01. The molecule has 0 aliphatic carbocycles. The Labute approximate surface area is 144 Å². The summed E-state index contributed by atoms with van der Waals surface area (Å²) in [5, 5.41) is 14.8. The lowest BCUT2D eigenvalue weighted by atomic mass is 10.2. The lowest BCUT2D eigenvalue weighted by Gasteiger charge is -2.21. The zero-order chi connectivity index (χ0) is 18.3. The van der Waals surface area contributed by atoms with Gasteiger partial charge in [-0.25, -0.2) is 9.59 Å². The molecule has 10 nitrogen and oxygen atoms in total. The number of aromatic nitrogens is 1. The maximum Gasteiger partial charge on any atom is 0.414 e. The van der Waals surface area contributed by atoms with E-state index in [1.807, 2.05) is 14.1 Å². The zero-order valence-electron chi connectivity index (χ0n) is 14.3. The predicted molar refractivity (Wildman–Crippen MR) is 87.7 cm³/mol. The number of carboxylic acids is 2. The molecule has 1 atom stereocenters. The van der Waals surface area contributed by atoms with Gasteiger partial charge in [0.15, 0.2) is 0 Å². The van der Waals surface area contributed by atoms with Gasteiger partial charge in [0.25, 0.3) is 5.91 Å². The molecule has 1 amide bonds. The molecule has 0 fully saturated rings. The van der Waals surface area contributed by atoms with Gasteiger partial charge in [-0.1, -0.05) is 0 Å². The van der Waals surface area contributed by atoms with E-state index in [9.17, 15) is 4.79 Å². The van der Waals surface area contributed by atoms with Crippen LogP contribution in [0, 0.1) is 0 Å². The van der Waals surface area contributed by atoms with E-state index >= 15 is 0 Å². The molecule has 140 valence electrons. The molecule has 1 unspecified atom stereocenters. The molecule has 2 heterocycles. The third-order valence-electron chi connectivity index (χ3n) is 3.21. The van der Waals surface area contributed by atoms with Gasteiger partial charge in [0.2, 0.25) is 0 Å². The lowest BCUT2D eigenvalue weighted by Crippen LogP contribution is -2.35. The molecular weight excluding hydrogens is 334 g/mol. The maximum atomic E-state index is 12.1. The topological polar surface area (TPSA) is 152 Å². The maximum absolute atomic E-state index is 12.1. The van der Waals surface area contributed by atoms with Crippen LogP contribution in [0.2, 0.25) is 0 Å². The molecule has 25 heavy (non-hydrogen) atoms. The van der Waals surface area contributed by atoms with Crippen LogP contribution in [0.1, 0.15) is 16.8 Å². The smallest absolute Gasteiger partial charge is 0.414 e. The summed E-state index contributed by atoms with van der Waals surface area (Å²) in [5.41, 5.74) is 0.548. The molecule has 1 aliphatic heterocycles. The van der Waals surface area contributed by atoms with Crippen molar-refractivity contribution in [3.63, 3.8) is 0 Å². The van der Waals surface area contributed by atoms with Gasteiger partial charge in [0.1, 0.15) is 11.9 Å². The molecule has 4 N–H and O–H groups in total. The second-order valence-corrected chi connectivity index (χ2v) is 5.50. The number of nitrogens with zero attached hydrogens (tertiary/aromatic N) is 3. The first-order valence-corrected chi connectivity index (χ1v) is 7.19. The molecule has 0 bridgehead atoms. The summed E-state index contributed by atoms with van der Waals surface area (Å²) in [6.07, 6.45) is 4.15. The fourth-order valence-electron chi connectivity index (χ4n) is 2.01. The van der Waals surface area contributed by atoms with Gasteiger partial charge in [-0.15, -0.1) is 0 Å². The van der Waals surface area contributed by atoms with Crippen LogP contribution in [0.4, 0.5) is 0 Å². The number of likely N-dealkylation sites (N-methyl/N-ethyl adjacent to an activating group) is 1. The van der Waals surface area contributed by atoms with E-state index in [-0.39, 0.29) is 17.5 Å². The van der Waals surface area contributed by atoms with Crippen LogP contribution >= 0.6 is 0 Å². The van der Waals surface area contributed by atoms with Crippen LogP contribution in [0.15, 0.2) is 18.5 Å². The van der Waals surface area contributed by atoms with Gasteiger partial charge in [-0.2, -0.15) is 0 Å².